The Morgan fingerprint density at radius 3 is 2.68 bits per heavy atom. The van der Waals surface area contributed by atoms with Crippen LogP contribution in [0.3, 0.4) is 0 Å². The van der Waals surface area contributed by atoms with Crippen molar-refractivity contribution in [3.63, 3.8) is 0 Å². The Hall–Kier alpha value is -0.660. The molecule has 19 heavy (non-hydrogen) atoms. The molecule has 0 amide bonds. The standard InChI is InChI=1S/C12H23NO5S/c1-3-17-8-9-19(15,16)13-7-5-6-11(10-13)12(14)18-4-2/h11H,3-10H2,1-2H3/t11-/m0/s1. The summed E-state index contributed by atoms with van der Waals surface area (Å²) in [5.74, 6) is -0.668. The number of nitrogens with zero attached hydrogens (tertiary/aromatic N) is 1. The van der Waals surface area contributed by atoms with Crippen LogP contribution >= 0.6 is 0 Å². The van der Waals surface area contributed by atoms with E-state index in [9.17, 15) is 13.2 Å². The van der Waals surface area contributed by atoms with Gasteiger partial charge in [-0.05, 0) is 26.7 Å². The first-order valence-corrected chi connectivity index (χ1v) is 8.34. The maximum absolute atomic E-state index is 12.1. The van der Waals surface area contributed by atoms with Crippen molar-refractivity contribution >= 4 is 16.0 Å². The molecular formula is C12H23NO5S. The van der Waals surface area contributed by atoms with Crippen LogP contribution in [0.4, 0.5) is 0 Å². The van der Waals surface area contributed by atoms with E-state index in [4.69, 9.17) is 9.47 Å². The molecule has 0 spiro atoms. The third-order valence-corrected chi connectivity index (χ3v) is 4.89. The molecule has 1 aliphatic rings. The maximum Gasteiger partial charge on any atom is 0.310 e. The molecule has 0 saturated carbocycles. The fraction of sp³-hybridized carbons (Fsp3) is 0.917. The van der Waals surface area contributed by atoms with Gasteiger partial charge in [-0.15, -0.1) is 0 Å². The quantitative estimate of drug-likeness (QED) is 0.508. The molecule has 1 fully saturated rings. The van der Waals surface area contributed by atoms with Crippen LogP contribution in [0, 0.1) is 5.92 Å². The first kappa shape index (κ1) is 16.4. The number of sulfonamides is 1. The van der Waals surface area contributed by atoms with E-state index in [1.165, 1.54) is 4.31 Å². The lowest BCUT2D eigenvalue weighted by atomic mass is 10.0. The van der Waals surface area contributed by atoms with Crippen LogP contribution < -0.4 is 0 Å². The zero-order chi connectivity index (χ0) is 14.3. The van der Waals surface area contributed by atoms with Gasteiger partial charge in [0.2, 0.25) is 10.0 Å². The summed E-state index contributed by atoms with van der Waals surface area (Å²) in [7, 11) is -3.34. The number of hydrogen-bond acceptors (Lipinski definition) is 5. The molecule has 0 N–H and O–H groups in total. The SMILES string of the molecule is CCOCCS(=O)(=O)N1CCC[C@H](C(=O)OCC)C1. The number of ether oxygens (including phenoxy) is 2. The van der Waals surface area contributed by atoms with Crippen molar-refractivity contribution in [3.05, 3.63) is 0 Å². The van der Waals surface area contributed by atoms with Gasteiger partial charge in [0.15, 0.2) is 0 Å². The lowest BCUT2D eigenvalue weighted by Crippen LogP contribution is -2.44. The van der Waals surface area contributed by atoms with E-state index < -0.39 is 10.0 Å². The first-order valence-electron chi connectivity index (χ1n) is 6.73. The van der Waals surface area contributed by atoms with E-state index in [1.54, 1.807) is 6.92 Å². The van der Waals surface area contributed by atoms with Gasteiger partial charge < -0.3 is 9.47 Å². The molecule has 1 aliphatic heterocycles. The number of hydrogen-bond donors (Lipinski definition) is 0. The second-order valence-electron chi connectivity index (χ2n) is 4.46. The summed E-state index contributed by atoms with van der Waals surface area (Å²) in [6, 6.07) is 0. The second-order valence-corrected chi connectivity index (χ2v) is 6.55. The van der Waals surface area contributed by atoms with Gasteiger partial charge in [-0.1, -0.05) is 0 Å². The van der Waals surface area contributed by atoms with Gasteiger partial charge in [-0.2, -0.15) is 0 Å². The zero-order valence-electron chi connectivity index (χ0n) is 11.6. The van der Waals surface area contributed by atoms with Crippen molar-refractivity contribution < 1.29 is 22.7 Å². The van der Waals surface area contributed by atoms with E-state index >= 15 is 0 Å². The minimum absolute atomic E-state index is 0.0314. The van der Waals surface area contributed by atoms with Crippen molar-refractivity contribution in [3.8, 4) is 0 Å². The van der Waals surface area contributed by atoms with Gasteiger partial charge in [0.05, 0.1) is 24.9 Å². The molecular weight excluding hydrogens is 270 g/mol. The average molecular weight is 293 g/mol. The molecule has 0 aliphatic carbocycles. The molecule has 6 nitrogen and oxygen atoms in total. The van der Waals surface area contributed by atoms with E-state index in [1.807, 2.05) is 6.92 Å². The predicted octanol–water partition coefficient (Wildman–Crippen LogP) is 0.628. The molecule has 0 aromatic rings. The van der Waals surface area contributed by atoms with E-state index in [-0.39, 0.29) is 30.8 Å². The lowest BCUT2D eigenvalue weighted by molar-refractivity contribution is -0.149. The Bertz CT molecular complexity index is 382. The topological polar surface area (TPSA) is 72.9 Å². The largest absolute Gasteiger partial charge is 0.466 e. The van der Waals surface area contributed by atoms with E-state index in [0.29, 0.717) is 32.6 Å². The van der Waals surface area contributed by atoms with Gasteiger partial charge in [-0.25, -0.2) is 12.7 Å². The molecule has 1 atom stereocenters. The van der Waals surface area contributed by atoms with Gasteiger partial charge >= 0.3 is 5.97 Å². The van der Waals surface area contributed by atoms with Crippen molar-refractivity contribution in [1.29, 1.82) is 0 Å². The predicted molar refractivity (Wildman–Crippen MR) is 71.2 cm³/mol. The van der Waals surface area contributed by atoms with Crippen molar-refractivity contribution in [2.75, 3.05) is 38.7 Å². The minimum Gasteiger partial charge on any atom is -0.466 e. The van der Waals surface area contributed by atoms with Gasteiger partial charge in [-0.3, -0.25) is 4.79 Å². The molecule has 0 aromatic carbocycles. The molecule has 7 heteroatoms. The second kappa shape index (κ2) is 7.81. The summed E-state index contributed by atoms with van der Waals surface area (Å²) in [4.78, 5) is 11.7. The maximum atomic E-state index is 12.1. The molecule has 112 valence electrons. The highest BCUT2D eigenvalue weighted by molar-refractivity contribution is 7.89. The summed E-state index contributed by atoms with van der Waals surface area (Å²) in [6.07, 6.45) is 1.38. The fourth-order valence-electron chi connectivity index (χ4n) is 2.09. The number of carbonyl (C=O) groups is 1. The number of rotatable bonds is 7. The van der Waals surface area contributed by atoms with Crippen LogP contribution in [-0.4, -0.2) is 57.4 Å². The Balaban J connectivity index is 2.55. The summed E-state index contributed by atoms with van der Waals surface area (Å²) in [5, 5.41) is 0. The zero-order valence-corrected chi connectivity index (χ0v) is 12.4. The Morgan fingerprint density at radius 1 is 1.32 bits per heavy atom. The van der Waals surface area contributed by atoms with Gasteiger partial charge in [0.25, 0.3) is 0 Å². The summed E-state index contributed by atoms with van der Waals surface area (Å²) < 4.78 is 35.6. The molecule has 1 heterocycles. The van der Waals surface area contributed by atoms with Gasteiger partial charge in [0, 0.05) is 19.7 Å². The fourth-order valence-corrected chi connectivity index (χ4v) is 3.49. The van der Waals surface area contributed by atoms with Crippen LogP contribution in [0.1, 0.15) is 26.7 Å². The number of carbonyl (C=O) groups excluding carboxylic acids is 1. The molecule has 0 radical (unpaired) electrons. The monoisotopic (exact) mass is 293 g/mol. The Labute approximate surface area is 115 Å². The third-order valence-electron chi connectivity index (χ3n) is 3.09. The van der Waals surface area contributed by atoms with Crippen molar-refractivity contribution in [2.24, 2.45) is 5.92 Å². The first-order chi connectivity index (χ1) is 9.01. The van der Waals surface area contributed by atoms with Crippen LogP contribution in [-0.2, 0) is 24.3 Å². The van der Waals surface area contributed by atoms with E-state index in [2.05, 4.69) is 0 Å². The lowest BCUT2D eigenvalue weighted by Gasteiger charge is -2.30. The van der Waals surface area contributed by atoms with E-state index in [0.717, 1.165) is 0 Å². The summed E-state index contributed by atoms with van der Waals surface area (Å²) in [6.45, 7) is 5.30. The number of piperidine rings is 1. The summed E-state index contributed by atoms with van der Waals surface area (Å²) in [5.41, 5.74) is 0. The van der Waals surface area contributed by atoms with Crippen molar-refractivity contribution in [1.82, 2.24) is 4.31 Å². The van der Waals surface area contributed by atoms with Crippen LogP contribution in [0.25, 0.3) is 0 Å². The smallest absolute Gasteiger partial charge is 0.310 e. The highest BCUT2D eigenvalue weighted by Gasteiger charge is 2.32. The molecule has 1 rings (SSSR count). The molecule has 1 saturated heterocycles. The third kappa shape index (κ3) is 5.08. The summed E-state index contributed by atoms with van der Waals surface area (Å²) >= 11 is 0. The number of esters is 1. The Morgan fingerprint density at radius 2 is 2.05 bits per heavy atom. The Kier molecular flexibility index (Phi) is 6.74. The molecule has 0 aromatic heterocycles. The van der Waals surface area contributed by atoms with Crippen LogP contribution in [0.5, 0.6) is 0 Å². The van der Waals surface area contributed by atoms with Crippen LogP contribution in [0.15, 0.2) is 0 Å². The molecule has 0 bridgehead atoms. The van der Waals surface area contributed by atoms with Crippen molar-refractivity contribution in [2.45, 2.75) is 26.7 Å². The minimum atomic E-state index is -3.34. The van der Waals surface area contributed by atoms with Crippen LogP contribution in [0.2, 0.25) is 0 Å². The normalized spacial score (nSPS) is 21.3. The highest BCUT2D eigenvalue weighted by Crippen LogP contribution is 2.20. The average Bonchev–Trinajstić information content (AvgIpc) is 2.39. The van der Waals surface area contributed by atoms with Gasteiger partial charge in [0.1, 0.15) is 0 Å². The molecule has 0 unspecified atom stereocenters. The highest BCUT2D eigenvalue weighted by atomic mass is 32.2.